The van der Waals surface area contributed by atoms with Crippen molar-refractivity contribution in [3.8, 4) is 0 Å². The Morgan fingerprint density at radius 3 is 2.80 bits per heavy atom. The molecule has 0 atom stereocenters. The Bertz CT molecular complexity index is 660. The first kappa shape index (κ1) is 11.2. The van der Waals surface area contributed by atoms with E-state index in [0.29, 0.717) is 0 Å². The Morgan fingerprint density at radius 2 is 2.00 bits per heavy atom. The van der Waals surface area contributed by atoms with Crippen LogP contribution in [0.25, 0.3) is 10.9 Å². The van der Waals surface area contributed by atoms with E-state index in [-0.39, 0.29) is 0 Å². The average molecular weight is 267 g/mol. The van der Waals surface area contributed by atoms with Crippen LogP contribution in [0.2, 0.25) is 0 Å². The van der Waals surface area contributed by atoms with Crippen molar-refractivity contribution < 1.29 is 0 Å². The van der Waals surface area contributed by atoms with Gasteiger partial charge >= 0.3 is 0 Å². The molecule has 1 aromatic carbocycles. The van der Waals surface area contributed by atoms with Gasteiger partial charge in [0.15, 0.2) is 0 Å². The molecule has 0 amide bonds. The van der Waals surface area contributed by atoms with Crippen LogP contribution in [0.15, 0.2) is 18.2 Å². The maximum atomic E-state index is 3.66. The zero-order valence-electron chi connectivity index (χ0n) is 11.8. The summed E-state index contributed by atoms with van der Waals surface area (Å²) in [7, 11) is 0. The third-order valence-electron chi connectivity index (χ3n) is 5.27. The van der Waals surface area contributed by atoms with Crippen LogP contribution in [-0.2, 0) is 6.54 Å². The van der Waals surface area contributed by atoms with Crippen molar-refractivity contribution in [2.45, 2.75) is 44.2 Å². The summed E-state index contributed by atoms with van der Waals surface area (Å²) in [5.74, 6) is 2.20. The van der Waals surface area contributed by atoms with Crippen molar-refractivity contribution in [2.24, 2.45) is 0 Å². The molecular formula is C17H21N3. The van der Waals surface area contributed by atoms with Gasteiger partial charge in [0.2, 0.25) is 0 Å². The molecular weight excluding hydrogens is 246 g/mol. The first-order valence-electron chi connectivity index (χ1n) is 8.01. The van der Waals surface area contributed by atoms with Crippen molar-refractivity contribution in [1.29, 1.82) is 0 Å². The van der Waals surface area contributed by atoms with Gasteiger partial charge in [0, 0.05) is 42.1 Å². The fraction of sp³-hybridized carbons (Fsp3) is 0.529. The molecule has 0 radical (unpaired) electrons. The number of H-pyrrole nitrogens is 1. The third kappa shape index (κ3) is 1.62. The number of rotatable bonds is 3. The van der Waals surface area contributed by atoms with Crippen molar-refractivity contribution in [3.63, 3.8) is 0 Å². The first-order chi connectivity index (χ1) is 9.88. The largest absolute Gasteiger partial charge is 0.358 e. The van der Waals surface area contributed by atoms with E-state index < -0.39 is 0 Å². The number of aromatic nitrogens is 1. The van der Waals surface area contributed by atoms with Gasteiger partial charge in [0.05, 0.1) is 0 Å². The Kier molecular flexibility index (Phi) is 2.25. The van der Waals surface area contributed by atoms with Gasteiger partial charge in [0.25, 0.3) is 0 Å². The number of fused-ring (bicyclic) bond motifs is 3. The number of hydrogen-bond donors (Lipinski definition) is 2. The van der Waals surface area contributed by atoms with E-state index in [1.54, 1.807) is 5.56 Å². The summed E-state index contributed by atoms with van der Waals surface area (Å²) in [5, 5.41) is 5.10. The molecule has 4 heterocycles. The topological polar surface area (TPSA) is 31.1 Å². The SMILES string of the molecule is c1cc2[nH]c3c(c2cc1CNC1CC1)C1CCN3CC1. The number of aromatic amines is 1. The van der Waals surface area contributed by atoms with Crippen LogP contribution >= 0.6 is 0 Å². The maximum Gasteiger partial charge on any atom is 0.110 e. The minimum atomic E-state index is 0.785. The minimum Gasteiger partial charge on any atom is -0.358 e. The molecule has 6 rings (SSSR count). The second-order valence-corrected chi connectivity index (χ2v) is 6.68. The highest BCUT2D eigenvalue weighted by molar-refractivity contribution is 5.91. The standard InChI is InChI=1S/C17H21N3/c1-4-15-14(9-11(1)10-18-13-2-3-13)16-12-5-7-20(8-6-12)17(16)19-15/h1,4,9,12-13,18-19H,2-3,5-8,10H2. The van der Waals surface area contributed by atoms with Crippen molar-refractivity contribution >= 4 is 16.7 Å². The van der Waals surface area contributed by atoms with Crippen LogP contribution in [0.1, 0.15) is 42.7 Å². The summed E-state index contributed by atoms with van der Waals surface area (Å²) >= 11 is 0. The fourth-order valence-electron chi connectivity index (χ4n) is 3.96. The first-order valence-corrected chi connectivity index (χ1v) is 8.01. The van der Waals surface area contributed by atoms with Gasteiger partial charge in [-0.3, -0.25) is 0 Å². The molecule has 1 aromatic heterocycles. The quantitative estimate of drug-likeness (QED) is 0.895. The second-order valence-electron chi connectivity index (χ2n) is 6.68. The average Bonchev–Trinajstić information content (AvgIpc) is 3.24. The molecule has 3 nitrogen and oxygen atoms in total. The van der Waals surface area contributed by atoms with E-state index >= 15 is 0 Å². The van der Waals surface area contributed by atoms with Crippen molar-refractivity contribution in [1.82, 2.24) is 10.3 Å². The maximum absolute atomic E-state index is 3.66. The number of nitrogens with zero attached hydrogens (tertiary/aromatic N) is 1. The Labute approximate surface area is 119 Å². The van der Waals surface area contributed by atoms with E-state index in [1.165, 1.54) is 61.1 Å². The normalized spacial score (nSPS) is 21.7. The van der Waals surface area contributed by atoms with Gasteiger partial charge in [-0.05, 0) is 49.3 Å². The molecule has 2 fully saturated rings. The van der Waals surface area contributed by atoms with Crippen LogP contribution < -0.4 is 10.2 Å². The summed E-state index contributed by atoms with van der Waals surface area (Å²) in [6.07, 6.45) is 5.40. The molecule has 2 bridgehead atoms. The molecule has 0 spiro atoms. The molecule has 1 saturated heterocycles. The van der Waals surface area contributed by atoms with Crippen molar-refractivity contribution in [2.75, 3.05) is 18.0 Å². The fourth-order valence-corrected chi connectivity index (χ4v) is 3.96. The number of benzene rings is 1. The van der Waals surface area contributed by atoms with Crippen LogP contribution in [0.4, 0.5) is 5.82 Å². The summed E-state index contributed by atoms with van der Waals surface area (Å²) in [6.45, 7) is 3.50. The highest BCUT2D eigenvalue weighted by Crippen LogP contribution is 2.45. The minimum absolute atomic E-state index is 0.785. The molecule has 3 heteroatoms. The number of nitrogens with one attached hydrogen (secondary N) is 2. The van der Waals surface area contributed by atoms with Crippen LogP contribution in [0.3, 0.4) is 0 Å². The zero-order chi connectivity index (χ0) is 13.1. The lowest BCUT2D eigenvalue weighted by molar-refractivity contribution is 0.475. The predicted octanol–water partition coefficient (Wildman–Crippen LogP) is 3.12. The van der Waals surface area contributed by atoms with E-state index in [4.69, 9.17) is 0 Å². The smallest absolute Gasteiger partial charge is 0.110 e. The van der Waals surface area contributed by atoms with Crippen LogP contribution in [0.5, 0.6) is 0 Å². The number of piperidine rings is 1. The van der Waals surface area contributed by atoms with Gasteiger partial charge in [-0.15, -0.1) is 0 Å². The Balaban J connectivity index is 1.57. The van der Waals surface area contributed by atoms with Crippen molar-refractivity contribution in [3.05, 3.63) is 29.3 Å². The molecule has 0 unspecified atom stereocenters. The lowest BCUT2D eigenvalue weighted by Crippen LogP contribution is -2.38. The third-order valence-corrected chi connectivity index (χ3v) is 5.27. The van der Waals surface area contributed by atoms with E-state index in [2.05, 4.69) is 33.4 Å². The van der Waals surface area contributed by atoms with Gasteiger partial charge in [-0.2, -0.15) is 0 Å². The molecule has 3 aliphatic heterocycles. The highest BCUT2D eigenvalue weighted by atomic mass is 15.2. The molecule has 104 valence electrons. The van der Waals surface area contributed by atoms with Gasteiger partial charge in [-0.25, -0.2) is 0 Å². The van der Waals surface area contributed by atoms with Gasteiger partial charge in [0.1, 0.15) is 5.82 Å². The summed E-state index contributed by atoms with van der Waals surface area (Å²) < 4.78 is 0. The highest BCUT2D eigenvalue weighted by Gasteiger charge is 2.33. The number of hydrogen-bond acceptors (Lipinski definition) is 2. The lowest BCUT2D eigenvalue weighted by atomic mass is 9.84. The number of anilines is 1. The lowest BCUT2D eigenvalue weighted by Gasteiger charge is -2.40. The Hall–Kier alpha value is -1.48. The van der Waals surface area contributed by atoms with Gasteiger partial charge in [-0.1, -0.05) is 6.07 Å². The van der Waals surface area contributed by atoms with Crippen LogP contribution in [-0.4, -0.2) is 24.1 Å². The zero-order valence-corrected chi connectivity index (χ0v) is 11.8. The van der Waals surface area contributed by atoms with Gasteiger partial charge < -0.3 is 15.2 Å². The van der Waals surface area contributed by atoms with E-state index in [1.807, 2.05) is 0 Å². The second kappa shape index (κ2) is 4.01. The molecule has 1 aliphatic carbocycles. The monoisotopic (exact) mass is 267 g/mol. The summed E-state index contributed by atoms with van der Waals surface area (Å²) in [5.41, 5.74) is 4.36. The molecule has 1 saturated carbocycles. The Morgan fingerprint density at radius 1 is 1.15 bits per heavy atom. The predicted molar refractivity (Wildman–Crippen MR) is 82.3 cm³/mol. The molecule has 20 heavy (non-hydrogen) atoms. The van der Waals surface area contributed by atoms with Crippen LogP contribution in [0, 0.1) is 0 Å². The molecule has 2 aromatic rings. The molecule has 4 aliphatic rings. The summed E-state index contributed by atoms with van der Waals surface area (Å²) in [6, 6.07) is 7.75. The summed E-state index contributed by atoms with van der Waals surface area (Å²) in [4.78, 5) is 6.20. The van der Waals surface area contributed by atoms with E-state index in [9.17, 15) is 0 Å². The molecule has 2 N–H and O–H groups in total. The van der Waals surface area contributed by atoms with E-state index in [0.717, 1.165) is 18.5 Å².